The van der Waals surface area contributed by atoms with E-state index in [4.69, 9.17) is 17.3 Å². The van der Waals surface area contributed by atoms with Crippen molar-refractivity contribution in [2.45, 2.75) is 0 Å². The van der Waals surface area contributed by atoms with E-state index in [0.717, 1.165) is 5.56 Å². The van der Waals surface area contributed by atoms with Gasteiger partial charge in [0, 0.05) is 23.5 Å². The highest BCUT2D eigenvalue weighted by atomic mass is 35.5. The van der Waals surface area contributed by atoms with Gasteiger partial charge in [0.05, 0.1) is 12.4 Å². The van der Waals surface area contributed by atoms with Gasteiger partial charge in [-0.1, -0.05) is 11.6 Å². The van der Waals surface area contributed by atoms with Gasteiger partial charge in [-0.3, -0.25) is 14.8 Å². The molecule has 0 aliphatic carbocycles. The van der Waals surface area contributed by atoms with Crippen molar-refractivity contribution >= 4 is 28.5 Å². The number of nitrogens with zero attached hydrogens (tertiary/aromatic N) is 4. The summed E-state index contributed by atoms with van der Waals surface area (Å²) in [6, 6.07) is 3.46. The highest BCUT2D eigenvalue weighted by Gasteiger charge is 2.10. The van der Waals surface area contributed by atoms with Crippen molar-refractivity contribution < 1.29 is 4.79 Å². The van der Waals surface area contributed by atoms with Crippen LogP contribution in [0.3, 0.4) is 0 Å². The lowest BCUT2D eigenvalue weighted by Crippen LogP contribution is -2.13. The van der Waals surface area contributed by atoms with Gasteiger partial charge >= 0.3 is 0 Å². The summed E-state index contributed by atoms with van der Waals surface area (Å²) in [5.74, 6) is -0.628. The average molecular weight is 286 g/mol. The molecule has 6 nitrogen and oxygen atoms in total. The fourth-order valence-corrected chi connectivity index (χ4v) is 1.91. The van der Waals surface area contributed by atoms with E-state index in [1.165, 1.54) is 6.20 Å². The molecule has 3 aromatic rings. The molecule has 0 radical (unpaired) electrons. The zero-order valence-corrected chi connectivity index (χ0v) is 10.9. The molecule has 1 amide bonds. The summed E-state index contributed by atoms with van der Waals surface area (Å²) in [6.07, 6.45) is 6.14. The number of aromatic nitrogens is 4. The van der Waals surface area contributed by atoms with Gasteiger partial charge in [-0.15, -0.1) is 0 Å². The summed E-state index contributed by atoms with van der Waals surface area (Å²) >= 11 is 5.77. The third-order valence-electron chi connectivity index (χ3n) is 2.75. The minimum absolute atomic E-state index is 0.104. The lowest BCUT2D eigenvalue weighted by molar-refractivity contribution is 0.0995. The summed E-state index contributed by atoms with van der Waals surface area (Å²) in [5.41, 5.74) is 7.94. The molecule has 98 valence electrons. The average Bonchev–Trinajstić information content (AvgIpc) is 2.47. The van der Waals surface area contributed by atoms with Gasteiger partial charge in [-0.2, -0.15) is 0 Å². The maximum absolute atomic E-state index is 11.2. The van der Waals surface area contributed by atoms with Crippen LogP contribution in [0.4, 0.5) is 0 Å². The number of rotatable bonds is 2. The Kier molecular flexibility index (Phi) is 3.00. The molecule has 3 rings (SSSR count). The molecule has 0 spiro atoms. The maximum atomic E-state index is 11.2. The second-order valence-electron chi connectivity index (χ2n) is 4.04. The summed E-state index contributed by atoms with van der Waals surface area (Å²) in [5, 5.41) is 0.394. The third kappa shape index (κ3) is 2.17. The van der Waals surface area contributed by atoms with Crippen LogP contribution in [0.25, 0.3) is 22.2 Å². The fraction of sp³-hybridized carbons (Fsp3) is 0. The molecule has 2 N–H and O–H groups in total. The van der Waals surface area contributed by atoms with E-state index in [1.54, 1.807) is 30.7 Å². The van der Waals surface area contributed by atoms with Crippen molar-refractivity contribution in [2.24, 2.45) is 5.73 Å². The molecular weight excluding hydrogens is 278 g/mol. The van der Waals surface area contributed by atoms with Crippen molar-refractivity contribution in [3.05, 3.63) is 47.8 Å². The molecule has 3 heterocycles. The highest BCUT2D eigenvalue weighted by Crippen LogP contribution is 2.25. The van der Waals surface area contributed by atoms with Crippen molar-refractivity contribution in [3.8, 4) is 11.1 Å². The lowest BCUT2D eigenvalue weighted by atomic mass is 10.1. The fourth-order valence-electron chi connectivity index (χ4n) is 1.80. The Morgan fingerprint density at radius 2 is 1.95 bits per heavy atom. The Balaban J connectivity index is 2.26. The molecule has 0 aliphatic rings. The number of pyridine rings is 2. The second-order valence-corrected chi connectivity index (χ2v) is 4.43. The van der Waals surface area contributed by atoms with Crippen molar-refractivity contribution in [2.75, 3.05) is 0 Å². The topological polar surface area (TPSA) is 94.7 Å². The van der Waals surface area contributed by atoms with Crippen LogP contribution in [0.15, 0.2) is 36.9 Å². The molecule has 0 saturated heterocycles. The van der Waals surface area contributed by atoms with Gasteiger partial charge in [0.25, 0.3) is 5.91 Å². The summed E-state index contributed by atoms with van der Waals surface area (Å²) in [4.78, 5) is 27.7. The highest BCUT2D eigenvalue weighted by molar-refractivity contribution is 6.29. The molecule has 3 aromatic heterocycles. The minimum Gasteiger partial charge on any atom is -0.364 e. The van der Waals surface area contributed by atoms with Crippen LogP contribution in [0, 0.1) is 0 Å². The van der Waals surface area contributed by atoms with Gasteiger partial charge in [-0.05, 0) is 12.1 Å². The molecule has 20 heavy (non-hydrogen) atoms. The Bertz CT molecular complexity index is 803. The number of hydrogen-bond donors (Lipinski definition) is 1. The summed E-state index contributed by atoms with van der Waals surface area (Å²) in [6.45, 7) is 0. The Labute approximate surface area is 118 Å². The molecule has 7 heteroatoms. The molecule has 0 aromatic carbocycles. The standard InChI is InChI=1S/C13H8ClN5O/c14-11-2-1-7(3-18-11)8-4-16-5-9-12(8)19-10(6-17-9)13(15)20/h1-6H,(H2,15,20). The van der Waals surface area contributed by atoms with Crippen molar-refractivity contribution in [1.29, 1.82) is 0 Å². The molecule has 0 fully saturated rings. The van der Waals surface area contributed by atoms with Crippen LogP contribution >= 0.6 is 11.6 Å². The number of carbonyl (C=O) groups is 1. The van der Waals surface area contributed by atoms with Crippen LogP contribution < -0.4 is 5.73 Å². The first-order valence-corrected chi connectivity index (χ1v) is 6.05. The first-order valence-electron chi connectivity index (χ1n) is 5.67. The minimum atomic E-state index is -0.628. The van der Waals surface area contributed by atoms with Crippen LogP contribution in [-0.4, -0.2) is 25.8 Å². The molecule has 0 aliphatic heterocycles. The molecule has 0 unspecified atom stereocenters. The zero-order chi connectivity index (χ0) is 14.1. The van der Waals surface area contributed by atoms with Gasteiger partial charge in [-0.25, -0.2) is 9.97 Å². The third-order valence-corrected chi connectivity index (χ3v) is 2.97. The quantitative estimate of drug-likeness (QED) is 0.725. The van der Waals surface area contributed by atoms with Crippen LogP contribution in [0.5, 0.6) is 0 Å². The number of fused-ring (bicyclic) bond motifs is 1. The van der Waals surface area contributed by atoms with Crippen LogP contribution in [0.1, 0.15) is 10.5 Å². The smallest absolute Gasteiger partial charge is 0.268 e. The van der Waals surface area contributed by atoms with E-state index in [2.05, 4.69) is 19.9 Å². The second kappa shape index (κ2) is 4.82. The largest absolute Gasteiger partial charge is 0.364 e. The normalized spacial score (nSPS) is 10.7. The van der Waals surface area contributed by atoms with E-state index >= 15 is 0 Å². The number of hydrogen-bond acceptors (Lipinski definition) is 5. The van der Waals surface area contributed by atoms with Crippen molar-refractivity contribution in [1.82, 2.24) is 19.9 Å². The summed E-state index contributed by atoms with van der Waals surface area (Å²) < 4.78 is 0. The predicted molar refractivity (Wildman–Crippen MR) is 74.1 cm³/mol. The van der Waals surface area contributed by atoms with Gasteiger partial charge in [0.2, 0.25) is 0 Å². The number of nitrogens with two attached hydrogens (primary N) is 1. The SMILES string of the molecule is NC(=O)c1cnc2cncc(-c3ccc(Cl)nc3)c2n1. The first kappa shape index (κ1) is 12.4. The van der Waals surface area contributed by atoms with Gasteiger partial charge < -0.3 is 5.73 Å². The van der Waals surface area contributed by atoms with E-state index in [-0.39, 0.29) is 5.69 Å². The number of carbonyl (C=O) groups excluding carboxylic acids is 1. The van der Waals surface area contributed by atoms with Gasteiger partial charge in [0.15, 0.2) is 0 Å². The Morgan fingerprint density at radius 1 is 1.10 bits per heavy atom. The maximum Gasteiger partial charge on any atom is 0.268 e. The van der Waals surface area contributed by atoms with E-state index in [9.17, 15) is 4.79 Å². The van der Waals surface area contributed by atoms with Gasteiger partial charge in [0.1, 0.15) is 21.9 Å². The van der Waals surface area contributed by atoms with Crippen LogP contribution in [0.2, 0.25) is 5.15 Å². The zero-order valence-electron chi connectivity index (χ0n) is 10.1. The monoisotopic (exact) mass is 285 g/mol. The Hall–Kier alpha value is -2.60. The van der Waals surface area contributed by atoms with Crippen molar-refractivity contribution in [3.63, 3.8) is 0 Å². The van der Waals surface area contributed by atoms with Crippen LogP contribution in [-0.2, 0) is 0 Å². The molecule has 0 atom stereocenters. The molecular formula is C13H8ClN5O. The van der Waals surface area contributed by atoms with E-state index in [0.29, 0.717) is 21.7 Å². The van der Waals surface area contributed by atoms with E-state index in [1.807, 2.05) is 0 Å². The molecule has 0 bridgehead atoms. The number of primary amides is 1. The molecule has 0 saturated carbocycles. The Morgan fingerprint density at radius 3 is 2.65 bits per heavy atom. The number of amides is 1. The number of halogens is 1. The summed E-state index contributed by atoms with van der Waals surface area (Å²) in [7, 11) is 0. The lowest BCUT2D eigenvalue weighted by Gasteiger charge is -2.05. The predicted octanol–water partition coefficient (Wildman–Crippen LogP) is 1.84. The first-order chi connectivity index (χ1) is 9.65. The van der Waals surface area contributed by atoms with E-state index < -0.39 is 5.91 Å².